The van der Waals surface area contributed by atoms with Gasteiger partial charge in [0.25, 0.3) is 0 Å². The van der Waals surface area contributed by atoms with Crippen LogP contribution >= 0.6 is 11.6 Å². The van der Waals surface area contributed by atoms with Crippen LogP contribution in [0.1, 0.15) is 11.1 Å². The Morgan fingerprint density at radius 2 is 1.28 bits per heavy atom. The zero-order valence-electron chi connectivity index (χ0n) is 9.51. The quantitative estimate of drug-likeness (QED) is 0.495. The standard InChI is InChI=1S/C15H10ClNO/c16-15(18)17-13-7-3-1-5-11(13)9-10-12-6-2-4-8-14(12)17/h1-10H. The van der Waals surface area contributed by atoms with Crippen molar-refractivity contribution in [1.29, 1.82) is 0 Å². The van der Waals surface area contributed by atoms with E-state index in [0.717, 1.165) is 22.5 Å². The third kappa shape index (κ3) is 1.71. The fourth-order valence-corrected chi connectivity index (χ4v) is 2.35. The predicted octanol–water partition coefficient (Wildman–Crippen LogP) is 4.67. The van der Waals surface area contributed by atoms with Gasteiger partial charge >= 0.3 is 5.37 Å². The van der Waals surface area contributed by atoms with Crippen LogP contribution in [0.2, 0.25) is 0 Å². The summed E-state index contributed by atoms with van der Waals surface area (Å²) in [6.07, 6.45) is 3.99. The molecule has 0 fully saturated rings. The minimum atomic E-state index is -0.501. The summed E-state index contributed by atoms with van der Waals surface area (Å²) in [7, 11) is 0. The molecule has 1 aliphatic rings. The lowest BCUT2D eigenvalue weighted by molar-refractivity contribution is 0.266. The summed E-state index contributed by atoms with van der Waals surface area (Å²) >= 11 is 5.74. The average molecular weight is 256 g/mol. The van der Waals surface area contributed by atoms with E-state index in [9.17, 15) is 4.79 Å². The van der Waals surface area contributed by atoms with Crippen LogP contribution in [-0.2, 0) is 0 Å². The second-order valence-electron chi connectivity index (χ2n) is 4.04. The van der Waals surface area contributed by atoms with Crippen LogP contribution in [0.3, 0.4) is 0 Å². The van der Waals surface area contributed by atoms with E-state index in [1.165, 1.54) is 4.90 Å². The number of rotatable bonds is 0. The van der Waals surface area contributed by atoms with Crippen molar-refractivity contribution >= 4 is 40.5 Å². The number of carbonyl (C=O) groups excluding carboxylic acids is 1. The van der Waals surface area contributed by atoms with E-state index >= 15 is 0 Å². The maximum atomic E-state index is 11.7. The van der Waals surface area contributed by atoms with Crippen LogP contribution < -0.4 is 4.90 Å². The van der Waals surface area contributed by atoms with Gasteiger partial charge in [0.2, 0.25) is 0 Å². The van der Waals surface area contributed by atoms with Crippen molar-refractivity contribution < 1.29 is 4.79 Å². The molecule has 2 aromatic carbocycles. The summed E-state index contributed by atoms with van der Waals surface area (Å²) in [6.45, 7) is 0. The summed E-state index contributed by atoms with van der Waals surface area (Å²) < 4.78 is 0. The molecule has 1 heterocycles. The van der Waals surface area contributed by atoms with Crippen molar-refractivity contribution in [1.82, 2.24) is 0 Å². The number of hydrogen-bond donors (Lipinski definition) is 0. The Kier molecular flexibility index (Phi) is 2.65. The summed E-state index contributed by atoms with van der Waals surface area (Å²) in [5.74, 6) is 0. The molecule has 1 amide bonds. The van der Waals surface area contributed by atoms with Crippen LogP contribution in [-0.4, -0.2) is 5.37 Å². The molecule has 0 radical (unpaired) electrons. The van der Waals surface area contributed by atoms with Crippen LogP contribution in [0.4, 0.5) is 16.2 Å². The van der Waals surface area contributed by atoms with Gasteiger partial charge in [-0.15, -0.1) is 0 Å². The third-order valence-corrected chi connectivity index (χ3v) is 3.14. The van der Waals surface area contributed by atoms with E-state index in [2.05, 4.69) is 0 Å². The van der Waals surface area contributed by atoms with Gasteiger partial charge in [-0.3, -0.25) is 9.69 Å². The SMILES string of the molecule is O=C(Cl)N1c2ccccc2C=Cc2ccccc21. The Balaban J connectivity index is 2.31. The first-order valence-corrected chi connectivity index (χ1v) is 6.01. The molecule has 88 valence electrons. The van der Waals surface area contributed by atoms with Gasteiger partial charge in [-0.1, -0.05) is 48.6 Å². The van der Waals surface area contributed by atoms with Crippen LogP contribution in [0.15, 0.2) is 48.5 Å². The molecule has 0 unspecified atom stereocenters. The lowest BCUT2D eigenvalue weighted by Crippen LogP contribution is -2.20. The Morgan fingerprint density at radius 1 is 0.833 bits per heavy atom. The number of amides is 1. The van der Waals surface area contributed by atoms with Crippen molar-refractivity contribution in [2.24, 2.45) is 0 Å². The molecule has 0 N–H and O–H groups in total. The summed E-state index contributed by atoms with van der Waals surface area (Å²) in [5.41, 5.74) is 3.56. The van der Waals surface area contributed by atoms with E-state index in [-0.39, 0.29) is 0 Å². The molecule has 3 rings (SSSR count). The Labute approximate surface area is 110 Å². The molecular formula is C15H10ClNO. The number of halogens is 1. The second kappa shape index (κ2) is 4.31. The maximum absolute atomic E-state index is 11.7. The zero-order valence-corrected chi connectivity index (χ0v) is 10.3. The number of benzene rings is 2. The van der Waals surface area contributed by atoms with Crippen molar-refractivity contribution in [3.63, 3.8) is 0 Å². The van der Waals surface area contributed by atoms with Gasteiger partial charge in [0.1, 0.15) is 0 Å². The molecule has 3 heteroatoms. The van der Waals surface area contributed by atoms with Crippen LogP contribution in [0.5, 0.6) is 0 Å². The molecule has 18 heavy (non-hydrogen) atoms. The highest BCUT2D eigenvalue weighted by Gasteiger charge is 2.21. The van der Waals surface area contributed by atoms with Crippen molar-refractivity contribution in [2.45, 2.75) is 0 Å². The van der Waals surface area contributed by atoms with Crippen molar-refractivity contribution in [3.05, 3.63) is 59.7 Å². The first-order valence-electron chi connectivity index (χ1n) is 5.63. The van der Waals surface area contributed by atoms with E-state index in [4.69, 9.17) is 11.6 Å². The van der Waals surface area contributed by atoms with E-state index in [1.54, 1.807) is 0 Å². The number of anilines is 2. The van der Waals surface area contributed by atoms with Crippen molar-refractivity contribution in [2.75, 3.05) is 4.90 Å². The Morgan fingerprint density at radius 3 is 1.72 bits per heavy atom. The molecule has 2 nitrogen and oxygen atoms in total. The average Bonchev–Trinajstić information content (AvgIpc) is 2.55. The molecule has 0 bridgehead atoms. The number of fused-ring (bicyclic) bond motifs is 2. The molecule has 1 aliphatic heterocycles. The number of nitrogens with zero attached hydrogens (tertiary/aromatic N) is 1. The van der Waals surface area contributed by atoms with E-state index < -0.39 is 5.37 Å². The molecule has 0 saturated heterocycles. The van der Waals surface area contributed by atoms with Gasteiger partial charge in [0.15, 0.2) is 0 Å². The highest BCUT2D eigenvalue weighted by molar-refractivity contribution is 6.67. The minimum Gasteiger partial charge on any atom is -0.266 e. The van der Waals surface area contributed by atoms with Crippen LogP contribution in [0.25, 0.3) is 12.2 Å². The molecule has 0 spiro atoms. The van der Waals surface area contributed by atoms with E-state index in [1.807, 2.05) is 60.7 Å². The van der Waals surface area contributed by atoms with Gasteiger partial charge in [-0.2, -0.15) is 0 Å². The zero-order chi connectivity index (χ0) is 12.5. The van der Waals surface area contributed by atoms with Crippen molar-refractivity contribution in [3.8, 4) is 0 Å². The summed E-state index contributed by atoms with van der Waals surface area (Å²) in [5, 5.41) is -0.501. The highest BCUT2D eigenvalue weighted by Crippen LogP contribution is 2.36. The molecule has 0 saturated carbocycles. The van der Waals surface area contributed by atoms with Gasteiger partial charge in [-0.05, 0) is 34.9 Å². The van der Waals surface area contributed by atoms with E-state index in [0.29, 0.717) is 0 Å². The Bertz CT molecular complexity index is 599. The molecular weight excluding hydrogens is 246 g/mol. The second-order valence-corrected chi connectivity index (χ2v) is 4.36. The molecule has 0 aliphatic carbocycles. The smallest absolute Gasteiger partial charge is 0.266 e. The number of para-hydroxylation sites is 2. The molecule has 0 atom stereocenters. The summed E-state index contributed by atoms with van der Waals surface area (Å²) in [6, 6.07) is 15.4. The minimum absolute atomic E-state index is 0.501. The van der Waals surface area contributed by atoms with Gasteiger partial charge in [0.05, 0.1) is 11.4 Å². The topological polar surface area (TPSA) is 20.3 Å². The lowest BCUT2D eigenvalue weighted by atomic mass is 10.1. The fourth-order valence-electron chi connectivity index (χ4n) is 2.16. The Hall–Kier alpha value is -2.06. The maximum Gasteiger partial charge on any atom is 0.325 e. The first kappa shape index (κ1) is 11.1. The van der Waals surface area contributed by atoms with Gasteiger partial charge in [-0.25, -0.2) is 0 Å². The molecule has 0 aromatic heterocycles. The first-order chi connectivity index (χ1) is 8.77. The van der Waals surface area contributed by atoms with Crippen LogP contribution in [0, 0.1) is 0 Å². The normalized spacial score (nSPS) is 12.6. The lowest BCUT2D eigenvalue weighted by Gasteiger charge is -2.21. The fraction of sp³-hybridized carbons (Fsp3) is 0. The summed E-state index contributed by atoms with van der Waals surface area (Å²) in [4.78, 5) is 13.3. The predicted molar refractivity (Wildman–Crippen MR) is 75.2 cm³/mol. The van der Waals surface area contributed by atoms with Gasteiger partial charge in [0, 0.05) is 0 Å². The molecule has 2 aromatic rings. The van der Waals surface area contributed by atoms with Gasteiger partial charge < -0.3 is 0 Å². The highest BCUT2D eigenvalue weighted by atomic mass is 35.5. The number of hydrogen-bond acceptors (Lipinski definition) is 1. The third-order valence-electron chi connectivity index (χ3n) is 2.97. The monoisotopic (exact) mass is 255 g/mol. The number of carbonyl (C=O) groups is 1. The largest absolute Gasteiger partial charge is 0.325 e.